The van der Waals surface area contributed by atoms with Crippen LogP contribution < -0.4 is 5.32 Å². The van der Waals surface area contributed by atoms with Gasteiger partial charge >= 0.3 is 5.97 Å². The van der Waals surface area contributed by atoms with E-state index < -0.39 is 5.97 Å². The Kier molecular flexibility index (Phi) is 6.25. The Morgan fingerprint density at radius 2 is 2.06 bits per heavy atom. The van der Waals surface area contributed by atoms with E-state index in [9.17, 15) is 4.79 Å². The molecule has 1 unspecified atom stereocenters. The molecule has 94 valence electrons. The van der Waals surface area contributed by atoms with Crippen molar-refractivity contribution in [1.29, 1.82) is 0 Å². The summed E-state index contributed by atoms with van der Waals surface area (Å²) in [6.07, 6.45) is 6.60. The van der Waals surface area contributed by atoms with E-state index in [-0.39, 0.29) is 6.42 Å². The van der Waals surface area contributed by atoms with Gasteiger partial charge < -0.3 is 10.4 Å². The van der Waals surface area contributed by atoms with Crippen LogP contribution in [0.2, 0.25) is 0 Å². The Hall–Kier alpha value is -1.42. The monoisotopic (exact) mass is 236 g/mol. The fourth-order valence-electron chi connectivity index (χ4n) is 1.67. The molecule has 0 amide bonds. The fraction of sp³-hybridized carbons (Fsp3) is 0.538. The first kappa shape index (κ1) is 13.6. The molecule has 0 spiro atoms. The molecule has 1 rings (SSSR count). The molecule has 0 radical (unpaired) electrons. The van der Waals surface area contributed by atoms with Gasteiger partial charge in [0, 0.05) is 24.9 Å². The summed E-state index contributed by atoms with van der Waals surface area (Å²) in [6.45, 7) is 3.04. The minimum Gasteiger partial charge on any atom is -0.481 e. The third kappa shape index (κ3) is 6.02. The van der Waals surface area contributed by atoms with Crippen molar-refractivity contribution in [1.82, 2.24) is 10.3 Å². The largest absolute Gasteiger partial charge is 0.481 e. The highest BCUT2D eigenvalue weighted by molar-refractivity contribution is 5.66. The van der Waals surface area contributed by atoms with Crippen LogP contribution in [-0.4, -0.2) is 22.6 Å². The smallest absolute Gasteiger partial charge is 0.303 e. The van der Waals surface area contributed by atoms with Gasteiger partial charge in [0.05, 0.1) is 0 Å². The topological polar surface area (TPSA) is 62.2 Å². The van der Waals surface area contributed by atoms with Gasteiger partial charge in [0.2, 0.25) is 0 Å². The molecule has 1 atom stereocenters. The molecule has 0 bridgehead atoms. The van der Waals surface area contributed by atoms with Crippen LogP contribution >= 0.6 is 0 Å². The van der Waals surface area contributed by atoms with E-state index >= 15 is 0 Å². The average molecular weight is 236 g/mol. The highest BCUT2D eigenvalue weighted by Gasteiger charge is 2.03. The summed E-state index contributed by atoms with van der Waals surface area (Å²) >= 11 is 0. The van der Waals surface area contributed by atoms with Crippen LogP contribution in [-0.2, 0) is 4.79 Å². The number of unbranched alkanes of at least 4 members (excludes halogenated alkanes) is 2. The van der Waals surface area contributed by atoms with Crippen molar-refractivity contribution in [3.05, 3.63) is 30.1 Å². The Labute approximate surface area is 102 Å². The van der Waals surface area contributed by atoms with Gasteiger partial charge in [0.1, 0.15) is 0 Å². The summed E-state index contributed by atoms with van der Waals surface area (Å²) in [5.41, 5.74) is 1.23. The van der Waals surface area contributed by atoms with Crippen LogP contribution in [0.1, 0.15) is 44.2 Å². The van der Waals surface area contributed by atoms with Crippen molar-refractivity contribution in [2.75, 3.05) is 6.54 Å². The molecule has 0 aliphatic rings. The summed E-state index contributed by atoms with van der Waals surface area (Å²) in [5, 5.41) is 11.9. The van der Waals surface area contributed by atoms with Crippen LogP contribution in [0.5, 0.6) is 0 Å². The molecule has 1 heterocycles. The van der Waals surface area contributed by atoms with Crippen molar-refractivity contribution in [3.63, 3.8) is 0 Å². The highest BCUT2D eigenvalue weighted by Crippen LogP contribution is 2.10. The van der Waals surface area contributed by atoms with Gasteiger partial charge in [-0.15, -0.1) is 0 Å². The second kappa shape index (κ2) is 7.79. The minimum absolute atomic E-state index is 0.278. The number of pyridine rings is 1. The summed E-state index contributed by atoms with van der Waals surface area (Å²) in [6, 6.07) is 4.32. The molecule has 4 heteroatoms. The van der Waals surface area contributed by atoms with E-state index in [1.807, 2.05) is 12.1 Å². The van der Waals surface area contributed by atoms with Gasteiger partial charge in [-0.3, -0.25) is 9.78 Å². The highest BCUT2D eigenvalue weighted by atomic mass is 16.4. The van der Waals surface area contributed by atoms with Crippen molar-refractivity contribution in [2.24, 2.45) is 0 Å². The first-order chi connectivity index (χ1) is 8.20. The minimum atomic E-state index is -0.705. The molecule has 0 aliphatic heterocycles. The normalized spacial score (nSPS) is 12.3. The van der Waals surface area contributed by atoms with Gasteiger partial charge in [0.25, 0.3) is 0 Å². The van der Waals surface area contributed by atoms with E-state index in [4.69, 9.17) is 5.11 Å². The van der Waals surface area contributed by atoms with E-state index in [0.29, 0.717) is 6.04 Å². The van der Waals surface area contributed by atoms with Gasteiger partial charge in [-0.25, -0.2) is 0 Å². The van der Waals surface area contributed by atoms with Gasteiger partial charge in [-0.1, -0.05) is 6.42 Å². The number of carboxylic acid groups (broad SMARTS) is 1. The maximum atomic E-state index is 10.3. The second-order valence-corrected chi connectivity index (χ2v) is 4.16. The zero-order valence-corrected chi connectivity index (χ0v) is 10.2. The van der Waals surface area contributed by atoms with Gasteiger partial charge in [0.15, 0.2) is 0 Å². The van der Waals surface area contributed by atoms with E-state index in [0.717, 1.165) is 25.8 Å². The molecule has 0 saturated heterocycles. The molecule has 17 heavy (non-hydrogen) atoms. The zero-order chi connectivity index (χ0) is 12.5. The van der Waals surface area contributed by atoms with E-state index in [1.54, 1.807) is 12.4 Å². The number of aromatic nitrogens is 1. The summed E-state index contributed by atoms with van der Waals surface area (Å²) < 4.78 is 0. The summed E-state index contributed by atoms with van der Waals surface area (Å²) in [4.78, 5) is 14.3. The molecule has 0 fully saturated rings. The lowest BCUT2D eigenvalue weighted by Gasteiger charge is -2.13. The lowest BCUT2D eigenvalue weighted by molar-refractivity contribution is -0.137. The maximum Gasteiger partial charge on any atom is 0.303 e. The number of hydrogen-bond acceptors (Lipinski definition) is 3. The summed E-state index contributed by atoms with van der Waals surface area (Å²) in [5.74, 6) is -0.705. The van der Waals surface area contributed by atoms with Crippen LogP contribution in [0.25, 0.3) is 0 Å². The number of aliphatic carboxylic acids is 1. The number of carboxylic acids is 1. The average Bonchev–Trinajstić information content (AvgIpc) is 2.34. The first-order valence-electron chi connectivity index (χ1n) is 6.05. The van der Waals surface area contributed by atoms with Gasteiger partial charge in [-0.2, -0.15) is 0 Å². The Bertz CT molecular complexity index is 327. The molecule has 0 aromatic carbocycles. The lowest BCUT2D eigenvalue weighted by Crippen LogP contribution is -2.19. The second-order valence-electron chi connectivity index (χ2n) is 4.16. The summed E-state index contributed by atoms with van der Waals surface area (Å²) in [7, 11) is 0. The van der Waals surface area contributed by atoms with Crippen molar-refractivity contribution >= 4 is 5.97 Å². The van der Waals surface area contributed by atoms with Crippen molar-refractivity contribution in [3.8, 4) is 0 Å². The van der Waals surface area contributed by atoms with Crippen LogP contribution in [0.15, 0.2) is 24.5 Å². The van der Waals surface area contributed by atoms with Crippen LogP contribution in [0.3, 0.4) is 0 Å². The predicted molar refractivity (Wildman–Crippen MR) is 66.8 cm³/mol. The molecule has 2 N–H and O–H groups in total. The third-order valence-corrected chi connectivity index (χ3v) is 2.72. The Morgan fingerprint density at radius 1 is 1.35 bits per heavy atom. The van der Waals surface area contributed by atoms with Crippen LogP contribution in [0, 0.1) is 0 Å². The number of rotatable bonds is 8. The van der Waals surface area contributed by atoms with E-state index in [2.05, 4.69) is 17.2 Å². The molecular weight excluding hydrogens is 216 g/mol. The molecule has 4 nitrogen and oxygen atoms in total. The molecular formula is C13H20N2O2. The Balaban J connectivity index is 2.09. The third-order valence-electron chi connectivity index (χ3n) is 2.72. The lowest BCUT2D eigenvalue weighted by atomic mass is 10.1. The standard InChI is InChI=1S/C13H20N2O2/c1-11(12-6-9-14-10-7-12)15-8-4-2-3-5-13(16)17/h6-7,9-11,15H,2-5,8H2,1H3,(H,16,17). The number of hydrogen-bond donors (Lipinski definition) is 2. The fourth-order valence-corrected chi connectivity index (χ4v) is 1.67. The first-order valence-corrected chi connectivity index (χ1v) is 6.05. The SMILES string of the molecule is CC(NCCCCCC(=O)O)c1ccncc1. The van der Waals surface area contributed by atoms with Crippen LogP contribution in [0.4, 0.5) is 0 Å². The Morgan fingerprint density at radius 3 is 2.71 bits per heavy atom. The number of nitrogens with zero attached hydrogens (tertiary/aromatic N) is 1. The van der Waals surface area contributed by atoms with Crippen molar-refractivity contribution < 1.29 is 9.90 Å². The maximum absolute atomic E-state index is 10.3. The number of carbonyl (C=O) groups is 1. The molecule has 0 saturated carbocycles. The molecule has 0 aliphatic carbocycles. The van der Waals surface area contributed by atoms with Gasteiger partial charge in [-0.05, 0) is 44.0 Å². The van der Waals surface area contributed by atoms with E-state index in [1.165, 1.54) is 5.56 Å². The number of nitrogens with one attached hydrogen (secondary N) is 1. The zero-order valence-electron chi connectivity index (χ0n) is 10.2. The van der Waals surface area contributed by atoms with Crippen molar-refractivity contribution in [2.45, 2.75) is 38.6 Å². The molecule has 1 aromatic heterocycles. The molecule has 1 aromatic rings. The quantitative estimate of drug-likeness (QED) is 0.680. The predicted octanol–water partition coefficient (Wildman–Crippen LogP) is 2.38.